The first-order valence-corrected chi connectivity index (χ1v) is 12.4. The summed E-state index contributed by atoms with van der Waals surface area (Å²) < 4.78 is 43.2. The largest absolute Gasteiger partial charge is 0.497 e. The van der Waals surface area contributed by atoms with E-state index in [0.717, 1.165) is 16.9 Å². The second-order valence-corrected chi connectivity index (χ2v) is 9.83. The predicted octanol–water partition coefficient (Wildman–Crippen LogP) is 3.49. The van der Waals surface area contributed by atoms with Crippen LogP contribution in [0.4, 0.5) is 13.2 Å². The lowest BCUT2D eigenvalue weighted by Crippen LogP contribution is -2.60. The molecule has 2 unspecified atom stereocenters. The van der Waals surface area contributed by atoms with Crippen LogP contribution in [0.1, 0.15) is 37.3 Å². The molecular weight excluding hydrogens is 519 g/mol. The number of nitrogens with zero attached hydrogens (tertiary/aromatic N) is 3. The summed E-state index contributed by atoms with van der Waals surface area (Å²) in [6, 6.07) is 11.6. The molecule has 0 aliphatic carbocycles. The number of benzene rings is 1. The quantitative estimate of drug-likeness (QED) is 0.586. The number of hydrogen-bond donors (Lipinski definition) is 1. The zero-order chi connectivity index (χ0) is 28.8. The van der Waals surface area contributed by atoms with E-state index >= 15 is 0 Å². The summed E-state index contributed by atoms with van der Waals surface area (Å²) in [6.45, 7) is 6.24. The minimum absolute atomic E-state index is 0.0618. The fourth-order valence-electron chi connectivity index (χ4n) is 4.69. The summed E-state index contributed by atoms with van der Waals surface area (Å²) >= 11 is 0. The topological polar surface area (TPSA) is 109 Å². The number of carboxylic acids is 1. The van der Waals surface area contributed by atoms with Gasteiger partial charge in [0.15, 0.2) is 5.60 Å². The van der Waals surface area contributed by atoms with Crippen LogP contribution in [0, 0.1) is 5.92 Å². The molecule has 2 aromatic rings. The van der Waals surface area contributed by atoms with Gasteiger partial charge in [0.2, 0.25) is 5.91 Å². The molecule has 2 atom stereocenters. The number of halogens is 3. The molecule has 1 aromatic heterocycles. The highest BCUT2D eigenvalue weighted by Gasteiger charge is 2.58. The van der Waals surface area contributed by atoms with Crippen LogP contribution in [0.25, 0.3) is 0 Å². The standard InChI is InChI=1S/C25H31N3O4.C2HF3O2/c1-18(2)13-23(29)28-16-22(20-5-4-10-26-14-20)25(17-28)24(30)27(11-12-32-25)15-19-6-8-21(31-3)9-7-19;3-2(4,5)1(6)7/h4-10,14,18,22H,11-13,15-17H2,1-3H3;(H,6,7). The Morgan fingerprint density at radius 3 is 2.44 bits per heavy atom. The fourth-order valence-corrected chi connectivity index (χ4v) is 4.69. The Labute approximate surface area is 224 Å². The van der Waals surface area contributed by atoms with E-state index in [1.165, 1.54) is 0 Å². The number of aromatic nitrogens is 1. The first-order chi connectivity index (χ1) is 18.4. The van der Waals surface area contributed by atoms with Crippen molar-refractivity contribution in [1.29, 1.82) is 0 Å². The van der Waals surface area contributed by atoms with Gasteiger partial charge in [-0.2, -0.15) is 13.2 Å². The van der Waals surface area contributed by atoms with Gasteiger partial charge in [0.1, 0.15) is 5.75 Å². The number of ether oxygens (including phenoxy) is 2. The molecule has 39 heavy (non-hydrogen) atoms. The number of pyridine rings is 1. The molecule has 2 aliphatic heterocycles. The Hall–Kier alpha value is -3.67. The Kier molecular flexibility index (Phi) is 9.54. The molecule has 1 aromatic carbocycles. The van der Waals surface area contributed by atoms with Gasteiger partial charge in [-0.15, -0.1) is 0 Å². The highest BCUT2D eigenvalue weighted by atomic mass is 19.4. The minimum atomic E-state index is -5.08. The first-order valence-electron chi connectivity index (χ1n) is 12.4. The summed E-state index contributed by atoms with van der Waals surface area (Å²) in [5, 5.41) is 7.12. The van der Waals surface area contributed by atoms with Crippen molar-refractivity contribution in [3.63, 3.8) is 0 Å². The number of likely N-dealkylation sites (tertiary alicyclic amines) is 1. The number of carbonyl (C=O) groups is 3. The molecule has 0 bridgehead atoms. The maximum Gasteiger partial charge on any atom is 0.490 e. The molecule has 2 amide bonds. The van der Waals surface area contributed by atoms with Gasteiger partial charge in [-0.1, -0.05) is 32.0 Å². The first kappa shape index (κ1) is 29.9. The number of rotatable bonds is 6. The van der Waals surface area contributed by atoms with Gasteiger partial charge in [-0.25, -0.2) is 4.79 Å². The molecule has 1 spiro atoms. The molecule has 9 nitrogen and oxygen atoms in total. The molecule has 2 saturated heterocycles. The number of amides is 2. The van der Waals surface area contributed by atoms with Crippen molar-refractivity contribution in [3.05, 3.63) is 59.9 Å². The van der Waals surface area contributed by atoms with Crippen LogP contribution in [0.15, 0.2) is 48.8 Å². The summed E-state index contributed by atoms with van der Waals surface area (Å²) in [6.07, 6.45) is -1.13. The summed E-state index contributed by atoms with van der Waals surface area (Å²) in [5.74, 6) is -1.97. The van der Waals surface area contributed by atoms with Gasteiger partial charge in [0.05, 0.1) is 20.3 Å². The Morgan fingerprint density at radius 1 is 1.23 bits per heavy atom. The van der Waals surface area contributed by atoms with E-state index in [1.54, 1.807) is 24.4 Å². The zero-order valence-corrected chi connectivity index (χ0v) is 22.0. The van der Waals surface area contributed by atoms with Gasteiger partial charge in [-0.05, 0) is 35.2 Å². The van der Waals surface area contributed by atoms with E-state index in [4.69, 9.17) is 19.4 Å². The van der Waals surface area contributed by atoms with Crippen LogP contribution in [-0.4, -0.2) is 82.8 Å². The summed E-state index contributed by atoms with van der Waals surface area (Å²) in [5.41, 5.74) is 0.868. The molecule has 0 radical (unpaired) electrons. The van der Waals surface area contributed by atoms with E-state index in [2.05, 4.69) is 4.98 Å². The summed E-state index contributed by atoms with van der Waals surface area (Å²) in [4.78, 5) is 43.6. The van der Waals surface area contributed by atoms with E-state index in [0.29, 0.717) is 32.7 Å². The SMILES string of the molecule is COc1ccc(CN2CCOC3(CN(C(=O)CC(C)C)CC3c3cccnc3)C2=O)cc1.O=C(O)C(F)(F)F. The lowest BCUT2D eigenvalue weighted by molar-refractivity contribution is -0.192. The Balaban J connectivity index is 0.000000532. The number of methoxy groups -OCH3 is 1. The number of alkyl halides is 3. The van der Waals surface area contributed by atoms with E-state index < -0.39 is 17.7 Å². The molecule has 2 fully saturated rings. The van der Waals surface area contributed by atoms with Crippen LogP contribution in [0.3, 0.4) is 0 Å². The number of aliphatic carboxylic acids is 1. The van der Waals surface area contributed by atoms with Crippen LogP contribution in [-0.2, 0) is 25.7 Å². The molecule has 1 N–H and O–H groups in total. The van der Waals surface area contributed by atoms with E-state index in [1.807, 2.05) is 55.1 Å². The summed E-state index contributed by atoms with van der Waals surface area (Å²) in [7, 11) is 1.63. The van der Waals surface area contributed by atoms with Crippen LogP contribution in [0.5, 0.6) is 5.75 Å². The molecule has 2 aliphatic rings. The van der Waals surface area contributed by atoms with Crippen molar-refractivity contribution >= 4 is 17.8 Å². The monoisotopic (exact) mass is 551 g/mol. The van der Waals surface area contributed by atoms with Gasteiger partial charge in [-0.3, -0.25) is 14.6 Å². The highest BCUT2D eigenvalue weighted by molar-refractivity contribution is 5.90. The number of carbonyl (C=O) groups excluding carboxylic acids is 2. The molecular formula is C27H32F3N3O6. The average Bonchev–Trinajstić information content (AvgIpc) is 3.28. The number of hydrogen-bond acceptors (Lipinski definition) is 6. The van der Waals surface area contributed by atoms with Crippen molar-refractivity contribution in [2.45, 2.75) is 44.5 Å². The third-order valence-corrected chi connectivity index (χ3v) is 6.56. The van der Waals surface area contributed by atoms with Crippen LogP contribution >= 0.6 is 0 Å². The number of morpholine rings is 1. The highest BCUT2D eigenvalue weighted by Crippen LogP contribution is 2.42. The van der Waals surface area contributed by atoms with Crippen molar-refractivity contribution in [3.8, 4) is 5.75 Å². The predicted molar refractivity (Wildman–Crippen MR) is 134 cm³/mol. The van der Waals surface area contributed by atoms with Gasteiger partial charge in [0.25, 0.3) is 5.91 Å². The van der Waals surface area contributed by atoms with Crippen molar-refractivity contribution in [1.82, 2.24) is 14.8 Å². The minimum Gasteiger partial charge on any atom is -0.497 e. The van der Waals surface area contributed by atoms with Crippen molar-refractivity contribution in [2.75, 3.05) is 33.4 Å². The van der Waals surface area contributed by atoms with E-state index in [9.17, 15) is 22.8 Å². The normalized spacial score (nSPS) is 21.1. The maximum absolute atomic E-state index is 13.9. The maximum atomic E-state index is 13.9. The van der Waals surface area contributed by atoms with Gasteiger partial charge >= 0.3 is 12.1 Å². The van der Waals surface area contributed by atoms with E-state index in [-0.39, 0.29) is 30.2 Å². The third kappa shape index (κ3) is 7.25. The van der Waals surface area contributed by atoms with Gasteiger partial charge in [0, 0.05) is 44.4 Å². The molecule has 3 heterocycles. The Bertz CT molecular complexity index is 1140. The zero-order valence-electron chi connectivity index (χ0n) is 22.0. The number of carboxylic acid groups (broad SMARTS) is 1. The molecule has 12 heteroatoms. The van der Waals surface area contributed by atoms with Crippen LogP contribution in [0.2, 0.25) is 0 Å². The average molecular weight is 552 g/mol. The van der Waals surface area contributed by atoms with Crippen molar-refractivity contribution < 1.29 is 42.1 Å². The van der Waals surface area contributed by atoms with Crippen molar-refractivity contribution in [2.24, 2.45) is 5.92 Å². The second-order valence-electron chi connectivity index (χ2n) is 9.83. The van der Waals surface area contributed by atoms with Gasteiger partial charge < -0.3 is 24.4 Å². The molecule has 212 valence electrons. The Morgan fingerprint density at radius 2 is 1.90 bits per heavy atom. The molecule has 0 saturated carbocycles. The van der Waals surface area contributed by atoms with Crippen LogP contribution < -0.4 is 4.74 Å². The smallest absolute Gasteiger partial charge is 0.490 e. The molecule has 4 rings (SSSR count). The fraction of sp³-hybridized carbons (Fsp3) is 0.481. The lowest BCUT2D eigenvalue weighted by Gasteiger charge is -2.42. The lowest BCUT2D eigenvalue weighted by atomic mass is 9.83. The second kappa shape index (κ2) is 12.5. The third-order valence-electron chi connectivity index (χ3n) is 6.56.